The largest absolute Gasteiger partial charge is 0.320 e. The highest BCUT2D eigenvalue weighted by molar-refractivity contribution is 9.10. The van der Waals surface area contributed by atoms with E-state index in [2.05, 4.69) is 26.2 Å². The lowest BCUT2D eigenvalue weighted by Crippen LogP contribution is -2.33. The molecule has 0 aliphatic heterocycles. The number of nitrogens with two attached hydrogens (primary N) is 1. The molecule has 5 nitrogen and oxygen atoms in total. The smallest absolute Gasteiger partial charge is 0.243 e. The number of benzene rings is 1. The van der Waals surface area contributed by atoms with Crippen LogP contribution in [0.15, 0.2) is 22.7 Å². The molecule has 0 fully saturated rings. The maximum atomic E-state index is 11.6. The van der Waals surface area contributed by atoms with Gasteiger partial charge in [0.2, 0.25) is 11.9 Å². The fourth-order valence-electron chi connectivity index (χ4n) is 1.74. The van der Waals surface area contributed by atoms with Crippen LogP contribution in [0.25, 0.3) is 11.0 Å². The molecule has 6 heteroatoms. The van der Waals surface area contributed by atoms with E-state index in [1.807, 2.05) is 29.7 Å². The molecule has 96 valence electrons. The minimum absolute atomic E-state index is 0.237. The Labute approximate surface area is 113 Å². The maximum absolute atomic E-state index is 11.6. The molecule has 0 aliphatic carbocycles. The number of amides is 1. The van der Waals surface area contributed by atoms with E-state index >= 15 is 0 Å². The monoisotopic (exact) mass is 310 g/mol. The number of fused-ring (bicyclic) bond motifs is 1. The van der Waals surface area contributed by atoms with Gasteiger partial charge in [0.15, 0.2) is 0 Å². The molecule has 1 aromatic heterocycles. The van der Waals surface area contributed by atoms with Crippen LogP contribution in [-0.4, -0.2) is 21.5 Å². The number of hydrogen-bond acceptors (Lipinski definition) is 3. The van der Waals surface area contributed by atoms with Crippen LogP contribution in [0.2, 0.25) is 0 Å². The Kier molecular flexibility index (Phi) is 3.68. The molecule has 0 radical (unpaired) electrons. The van der Waals surface area contributed by atoms with Gasteiger partial charge in [0.05, 0.1) is 17.1 Å². The van der Waals surface area contributed by atoms with Crippen molar-refractivity contribution in [2.45, 2.75) is 26.4 Å². The predicted molar refractivity (Wildman–Crippen MR) is 75.4 cm³/mol. The number of imidazole rings is 1. The Morgan fingerprint density at radius 2 is 2.33 bits per heavy atom. The van der Waals surface area contributed by atoms with E-state index in [1.54, 1.807) is 6.92 Å². The number of carbonyl (C=O) groups is 1. The summed E-state index contributed by atoms with van der Waals surface area (Å²) >= 11 is 3.41. The summed E-state index contributed by atoms with van der Waals surface area (Å²) in [5.41, 5.74) is 7.36. The quantitative estimate of drug-likeness (QED) is 0.912. The molecule has 0 spiro atoms. The lowest BCUT2D eigenvalue weighted by molar-refractivity contribution is -0.117. The predicted octanol–water partition coefficient (Wildman–Crippen LogP) is 2.10. The van der Waals surface area contributed by atoms with Gasteiger partial charge in [-0.25, -0.2) is 4.98 Å². The molecule has 1 atom stereocenters. The second-order valence-electron chi connectivity index (χ2n) is 4.09. The first-order chi connectivity index (χ1) is 8.52. The molecule has 1 aromatic carbocycles. The lowest BCUT2D eigenvalue weighted by atomic mass is 10.3. The molecular formula is C12H15BrN4O. The summed E-state index contributed by atoms with van der Waals surface area (Å²) in [6.45, 7) is 4.38. The number of carbonyl (C=O) groups excluding carboxylic acids is 1. The number of aromatic nitrogens is 2. The van der Waals surface area contributed by atoms with E-state index < -0.39 is 6.04 Å². The van der Waals surface area contributed by atoms with E-state index in [1.165, 1.54) is 0 Å². The summed E-state index contributed by atoms with van der Waals surface area (Å²) in [7, 11) is 0. The van der Waals surface area contributed by atoms with Crippen molar-refractivity contribution in [3.63, 3.8) is 0 Å². The zero-order valence-electron chi connectivity index (χ0n) is 10.3. The number of anilines is 1. The average molecular weight is 311 g/mol. The van der Waals surface area contributed by atoms with Crippen molar-refractivity contribution in [3.8, 4) is 0 Å². The van der Waals surface area contributed by atoms with E-state index in [-0.39, 0.29) is 5.91 Å². The molecule has 1 amide bonds. The third kappa shape index (κ3) is 2.39. The number of aryl methyl sites for hydroxylation is 1. The SMILES string of the molecule is CCn1c(NC(=O)C(C)N)nc2cc(Br)ccc21. The van der Waals surface area contributed by atoms with Crippen molar-refractivity contribution in [3.05, 3.63) is 22.7 Å². The number of nitrogens with one attached hydrogen (secondary N) is 1. The standard InChI is InChI=1S/C12H15BrN4O/c1-3-17-10-5-4-8(13)6-9(10)15-12(17)16-11(18)7(2)14/h4-7H,3,14H2,1-2H3,(H,15,16,18). The summed E-state index contributed by atoms with van der Waals surface area (Å²) in [4.78, 5) is 16.0. The Morgan fingerprint density at radius 1 is 1.61 bits per heavy atom. The fraction of sp³-hybridized carbons (Fsp3) is 0.333. The van der Waals surface area contributed by atoms with Gasteiger partial charge < -0.3 is 10.3 Å². The van der Waals surface area contributed by atoms with Crippen molar-refractivity contribution in [2.75, 3.05) is 5.32 Å². The molecule has 0 aliphatic rings. The summed E-state index contributed by atoms with van der Waals surface area (Å²) in [6.07, 6.45) is 0. The highest BCUT2D eigenvalue weighted by Crippen LogP contribution is 2.23. The number of halogens is 1. The number of hydrogen-bond donors (Lipinski definition) is 2. The van der Waals surface area contributed by atoms with Gasteiger partial charge in [-0.3, -0.25) is 10.1 Å². The summed E-state index contributed by atoms with van der Waals surface area (Å²) in [6, 6.07) is 5.29. The molecule has 0 saturated carbocycles. The van der Waals surface area contributed by atoms with Crippen LogP contribution in [-0.2, 0) is 11.3 Å². The van der Waals surface area contributed by atoms with Crippen LogP contribution in [0.1, 0.15) is 13.8 Å². The summed E-state index contributed by atoms with van der Waals surface area (Å²) < 4.78 is 2.91. The normalized spacial score (nSPS) is 12.7. The van der Waals surface area contributed by atoms with Crippen LogP contribution in [0.4, 0.5) is 5.95 Å². The van der Waals surface area contributed by atoms with Crippen LogP contribution in [0, 0.1) is 0 Å². The molecule has 2 aromatic rings. The number of nitrogens with zero attached hydrogens (tertiary/aromatic N) is 2. The van der Waals surface area contributed by atoms with Gasteiger partial charge in [-0.15, -0.1) is 0 Å². The van der Waals surface area contributed by atoms with Gasteiger partial charge >= 0.3 is 0 Å². The van der Waals surface area contributed by atoms with Crippen molar-refractivity contribution in [1.82, 2.24) is 9.55 Å². The molecular weight excluding hydrogens is 296 g/mol. The summed E-state index contributed by atoms with van der Waals surface area (Å²) in [5, 5.41) is 2.74. The zero-order valence-corrected chi connectivity index (χ0v) is 11.9. The van der Waals surface area contributed by atoms with Gasteiger partial charge in [-0.2, -0.15) is 0 Å². The first-order valence-corrected chi connectivity index (χ1v) is 6.54. The minimum Gasteiger partial charge on any atom is -0.320 e. The molecule has 1 heterocycles. The van der Waals surface area contributed by atoms with Crippen molar-refractivity contribution in [2.24, 2.45) is 5.73 Å². The highest BCUT2D eigenvalue weighted by Gasteiger charge is 2.14. The molecule has 18 heavy (non-hydrogen) atoms. The molecule has 2 rings (SSSR count). The van der Waals surface area contributed by atoms with Gasteiger partial charge in [0, 0.05) is 11.0 Å². The number of rotatable bonds is 3. The van der Waals surface area contributed by atoms with Crippen molar-refractivity contribution in [1.29, 1.82) is 0 Å². The maximum Gasteiger partial charge on any atom is 0.243 e. The van der Waals surface area contributed by atoms with Crippen LogP contribution in [0.3, 0.4) is 0 Å². The van der Waals surface area contributed by atoms with E-state index in [0.717, 1.165) is 22.1 Å². The molecule has 3 N–H and O–H groups in total. The second-order valence-corrected chi connectivity index (χ2v) is 5.01. The first-order valence-electron chi connectivity index (χ1n) is 5.75. The summed E-state index contributed by atoms with van der Waals surface area (Å²) in [5.74, 6) is 0.298. The lowest BCUT2D eigenvalue weighted by Gasteiger charge is -2.09. The van der Waals surface area contributed by atoms with Crippen LogP contribution in [0.5, 0.6) is 0 Å². The third-order valence-corrected chi connectivity index (χ3v) is 3.17. The average Bonchev–Trinajstić information content (AvgIpc) is 2.64. The Bertz CT molecular complexity index is 591. The van der Waals surface area contributed by atoms with E-state index in [0.29, 0.717) is 5.95 Å². The zero-order chi connectivity index (χ0) is 13.3. The molecule has 1 unspecified atom stereocenters. The minimum atomic E-state index is -0.554. The Morgan fingerprint density at radius 3 is 2.94 bits per heavy atom. The molecule has 0 saturated heterocycles. The van der Waals surface area contributed by atoms with E-state index in [4.69, 9.17) is 5.73 Å². The van der Waals surface area contributed by atoms with Crippen molar-refractivity contribution >= 4 is 38.8 Å². The van der Waals surface area contributed by atoms with Gasteiger partial charge in [-0.1, -0.05) is 15.9 Å². The van der Waals surface area contributed by atoms with Crippen LogP contribution >= 0.6 is 15.9 Å². The highest BCUT2D eigenvalue weighted by atomic mass is 79.9. The first kappa shape index (κ1) is 13.0. The Hall–Kier alpha value is -1.40. The van der Waals surface area contributed by atoms with E-state index in [9.17, 15) is 4.79 Å². The van der Waals surface area contributed by atoms with Gasteiger partial charge in [0.25, 0.3) is 0 Å². The van der Waals surface area contributed by atoms with Gasteiger partial charge in [0.1, 0.15) is 0 Å². The fourth-order valence-corrected chi connectivity index (χ4v) is 2.09. The third-order valence-electron chi connectivity index (χ3n) is 2.68. The second kappa shape index (κ2) is 5.07. The van der Waals surface area contributed by atoms with Crippen molar-refractivity contribution < 1.29 is 4.79 Å². The Balaban J connectivity index is 2.47. The van der Waals surface area contributed by atoms with Gasteiger partial charge in [-0.05, 0) is 32.0 Å². The molecule has 0 bridgehead atoms. The van der Waals surface area contributed by atoms with Crippen LogP contribution < -0.4 is 11.1 Å². The topological polar surface area (TPSA) is 72.9 Å².